The highest BCUT2D eigenvalue weighted by Crippen LogP contribution is 2.45. The summed E-state index contributed by atoms with van der Waals surface area (Å²) in [6.45, 7) is 0.408. The molecule has 1 heterocycles. The molecule has 2 aromatic carbocycles. The number of likely N-dealkylation sites (N-methyl/N-ethyl adjacent to an activating group) is 1. The number of benzene rings is 2. The van der Waals surface area contributed by atoms with Crippen LogP contribution in [0.4, 0.5) is 37.7 Å². The molecule has 2 aromatic rings. The van der Waals surface area contributed by atoms with E-state index in [0.717, 1.165) is 23.5 Å². The van der Waals surface area contributed by atoms with Gasteiger partial charge in [-0.15, -0.1) is 0 Å². The van der Waals surface area contributed by atoms with Gasteiger partial charge in [-0.2, -0.15) is 17.5 Å². The molecule has 1 aliphatic rings. The van der Waals surface area contributed by atoms with Crippen molar-refractivity contribution >= 4 is 21.4 Å². The minimum Gasteiger partial charge on any atom is -0.507 e. The average molecular weight is 482 g/mol. The molecule has 0 amide bonds. The first-order valence-corrected chi connectivity index (χ1v) is 10.9. The Morgan fingerprint density at radius 1 is 1.09 bits per heavy atom. The average Bonchev–Trinajstić information content (AvgIpc) is 2.74. The summed E-state index contributed by atoms with van der Waals surface area (Å²) in [6, 6.07) is 4.51. The van der Waals surface area contributed by atoms with Gasteiger partial charge in [-0.1, -0.05) is 0 Å². The Balaban J connectivity index is 2.24. The lowest BCUT2D eigenvalue weighted by Gasteiger charge is -2.30. The molecule has 0 spiro atoms. The highest BCUT2D eigenvalue weighted by Gasteiger charge is 2.42. The Bertz CT molecular complexity index is 1100. The number of hydrogen-bond acceptors (Lipinski definition) is 4. The highest BCUT2D eigenvalue weighted by molar-refractivity contribution is 7.89. The smallest absolute Gasteiger partial charge is 0.420 e. The van der Waals surface area contributed by atoms with Gasteiger partial charge in [0.2, 0.25) is 15.9 Å². The van der Waals surface area contributed by atoms with Crippen LogP contribution in [0.15, 0.2) is 41.3 Å². The summed E-state index contributed by atoms with van der Waals surface area (Å²) in [5, 5.41) is 9.91. The number of nitrogens with zero attached hydrogens (tertiary/aromatic N) is 2. The number of fused-ring (bicyclic) bond motifs is 1. The molecule has 1 N–H and O–H groups in total. The fourth-order valence-electron chi connectivity index (χ4n) is 3.54. The zero-order chi connectivity index (χ0) is 24.1. The van der Waals surface area contributed by atoms with Crippen molar-refractivity contribution in [1.29, 1.82) is 0 Å². The zero-order valence-corrected chi connectivity index (χ0v) is 17.8. The SMILES string of the molecule is CN1C(CCC(C)(F)F)CN(c2ccc(F)cc2)c2cc(C(F)(F)F)c(O)cc2S1(=O)=O. The maximum atomic E-state index is 13.5. The van der Waals surface area contributed by atoms with Crippen LogP contribution in [0.2, 0.25) is 0 Å². The second-order valence-electron chi connectivity index (χ2n) is 7.71. The van der Waals surface area contributed by atoms with E-state index in [0.29, 0.717) is 19.1 Å². The van der Waals surface area contributed by atoms with Gasteiger partial charge in [0.05, 0.1) is 11.3 Å². The first-order valence-electron chi connectivity index (χ1n) is 9.44. The van der Waals surface area contributed by atoms with E-state index in [9.17, 15) is 39.9 Å². The minimum atomic E-state index is -4.99. The standard InChI is InChI=1S/C20H20F6N2O3S/c1-19(22,23)8-7-14-11-28(13-5-3-12(21)4-6-13)16-9-15(20(24,25)26)17(29)10-18(16)32(30,31)27(14)2/h3-6,9-10,14,29H,7-8,11H2,1-2H3. The summed E-state index contributed by atoms with van der Waals surface area (Å²) in [6.07, 6.45) is -5.94. The van der Waals surface area contributed by atoms with Gasteiger partial charge < -0.3 is 10.0 Å². The van der Waals surface area contributed by atoms with Crippen LogP contribution in [-0.4, -0.2) is 43.4 Å². The monoisotopic (exact) mass is 482 g/mol. The molecule has 1 aliphatic heterocycles. The molecule has 1 atom stereocenters. The Morgan fingerprint density at radius 2 is 1.69 bits per heavy atom. The van der Waals surface area contributed by atoms with Crippen molar-refractivity contribution in [2.45, 2.75) is 42.8 Å². The molecule has 0 saturated carbocycles. The third-order valence-electron chi connectivity index (χ3n) is 5.29. The van der Waals surface area contributed by atoms with Gasteiger partial charge in [0.25, 0.3) is 0 Å². The number of halogens is 6. The second kappa shape index (κ2) is 8.14. The number of phenols is 1. The van der Waals surface area contributed by atoms with Crippen molar-refractivity contribution in [2.75, 3.05) is 18.5 Å². The molecule has 0 aromatic heterocycles. The summed E-state index contributed by atoms with van der Waals surface area (Å²) in [5.41, 5.74) is -1.70. The van der Waals surface area contributed by atoms with Crippen LogP contribution >= 0.6 is 0 Å². The van der Waals surface area contributed by atoms with E-state index in [2.05, 4.69) is 0 Å². The minimum absolute atomic E-state index is 0.158. The predicted molar refractivity (Wildman–Crippen MR) is 105 cm³/mol. The van der Waals surface area contributed by atoms with Crippen LogP contribution in [0, 0.1) is 5.82 Å². The number of rotatable bonds is 4. The number of phenolic OH excluding ortho intramolecular Hbond substituents is 1. The lowest BCUT2D eigenvalue weighted by atomic mass is 10.1. The van der Waals surface area contributed by atoms with E-state index >= 15 is 0 Å². The fraction of sp³-hybridized carbons (Fsp3) is 0.400. The van der Waals surface area contributed by atoms with Crippen molar-refractivity contribution in [1.82, 2.24) is 4.31 Å². The first kappa shape index (κ1) is 24.2. The Hall–Kier alpha value is -2.47. The molecule has 32 heavy (non-hydrogen) atoms. The molecule has 0 saturated heterocycles. The van der Waals surface area contributed by atoms with Gasteiger partial charge in [0, 0.05) is 37.8 Å². The van der Waals surface area contributed by atoms with E-state index in [1.807, 2.05) is 0 Å². The highest BCUT2D eigenvalue weighted by atomic mass is 32.2. The van der Waals surface area contributed by atoms with E-state index in [-0.39, 0.29) is 18.7 Å². The molecule has 12 heteroatoms. The van der Waals surface area contributed by atoms with Gasteiger partial charge in [-0.25, -0.2) is 21.6 Å². The molecule has 1 unspecified atom stereocenters. The van der Waals surface area contributed by atoms with Crippen LogP contribution in [0.5, 0.6) is 5.75 Å². The number of alkyl halides is 5. The molecular weight excluding hydrogens is 462 g/mol. The van der Waals surface area contributed by atoms with Crippen molar-refractivity contribution in [2.24, 2.45) is 0 Å². The number of sulfonamides is 1. The van der Waals surface area contributed by atoms with Gasteiger partial charge in [-0.05, 0) is 43.7 Å². The van der Waals surface area contributed by atoms with Crippen LogP contribution in [0.3, 0.4) is 0 Å². The van der Waals surface area contributed by atoms with Crippen LogP contribution in [0.25, 0.3) is 0 Å². The van der Waals surface area contributed by atoms with Gasteiger partial charge in [0.15, 0.2) is 0 Å². The molecule has 0 radical (unpaired) electrons. The molecule has 5 nitrogen and oxygen atoms in total. The summed E-state index contributed by atoms with van der Waals surface area (Å²) < 4.78 is 108. The summed E-state index contributed by atoms with van der Waals surface area (Å²) in [4.78, 5) is 0.573. The van der Waals surface area contributed by atoms with Crippen LogP contribution < -0.4 is 4.90 Å². The van der Waals surface area contributed by atoms with Gasteiger partial charge in [0.1, 0.15) is 16.5 Å². The quantitative estimate of drug-likeness (QED) is 0.615. The molecule has 176 valence electrons. The van der Waals surface area contributed by atoms with Crippen LogP contribution in [-0.2, 0) is 16.2 Å². The maximum absolute atomic E-state index is 13.5. The van der Waals surface area contributed by atoms with E-state index in [4.69, 9.17) is 0 Å². The van der Waals surface area contributed by atoms with E-state index in [1.54, 1.807) is 0 Å². The number of aromatic hydroxyl groups is 1. The Morgan fingerprint density at radius 3 is 2.22 bits per heavy atom. The van der Waals surface area contributed by atoms with E-state index in [1.165, 1.54) is 17.0 Å². The van der Waals surface area contributed by atoms with Crippen molar-refractivity contribution in [3.05, 3.63) is 47.8 Å². The molecular formula is C20H20F6N2O3S. The maximum Gasteiger partial charge on any atom is 0.420 e. The third-order valence-corrected chi connectivity index (χ3v) is 7.23. The summed E-state index contributed by atoms with van der Waals surface area (Å²) in [5.74, 6) is -5.00. The fourth-order valence-corrected chi connectivity index (χ4v) is 5.11. The second-order valence-corrected chi connectivity index (χ2v) is 9.67. The Kier molecular flexibility index (Phi) is 6.15. The van der Waals surface area contributed by atoms with Gasteiger partial charge in [-0.3, -0.25) is 0 Å². The molecule has 0 fully saturated rings. The van der Waals surface area contributed by atoms with Crippen molar-refractivity contribution in [3.63, 3.8) is 0 Å². The number of hydrogen-bond donors (Lipinski definition) is 1. The van der Waals surface area contributed by atoms with Crippen molar-refractivity contribution in [3.8, 4) is 5.75 Å². The predicted octanol–water partition coefficient (Wildman–Crippen LogP) is 5.13. The first-order chi connectivity index (χ1) is 14.6. The number of anilines is 2. The summed E-state index contributed by atoms with van der Waals surface area (Å²) in [7, 11) is -3.32. The van der Waals surface area contributed by atoms with Crippen molar-refractivity contribution < 1.29 is 39.9 Å². The van der Waals surface area contributed by atoms with Gasteiger partial charge >= 0.3 is 6.18 Å². The lowest BCUT2D eigenvalue weighted by molar-refractivity contribution is -0.138. The molecule has 0 bridgehead atoms. The normalized spacial score (nSPS) is 19.5. The molecule has 3 rings (SSSR count). The van der Waals surface area contributed by atoms with Crippen LogP contribution in [0.1, 0.15) is 25.3 Å². The molecule has 0 aliphatic carbocycles. The third kappa shape index (κ3) is 4.80. The summed E-state index contributed by atoms with van der Waals surface area (Å²) >= 11 is 0. The van der Waals surface area contributed by atoms with E-state index < -0.39 is 62.3 Å². The zero-order valence-electron chi connectivity index (χ0n) is 17.0. The Labute approximate surface area is 180 Å². The largest absolute Gasteiger partial charge is 0.507 e. The topological polar surface area (TPSA) is 60.9 Å². The lowest BCUT2D eigenvalue weighted by Crippen LogP contribution is -2.41.